The molecule has 0 spiro atoms. The first-order valence-corrected chi connectivity index (χ1v) is 40.2. The fraction of sp³-hybridized carbons (Fsp3) is 0.628. The molecule has 1 N–H and O–H groups in total. The van der Waals surface area contributed by atoms with Crippen molar-refractivity contribution < 1.29 is 47.5 Å². The minimum Gasteiger partial charge on any atom is -0.497 e. The zero-order valence-corrected chi connectivity index (χ0v) is 63.9. The van der Waals surface area contributed by atoms with Gasteiger partial charge in [0.25, 0.3) is 0 Å². The van der Waals surface area contributed by atoms with Crippen LogP contribution in [0.2, 0.25) is 0 Å². The summed E-state index contributed by atoms with van der Waals surface area (Å²) in [4.78, 5) is 36.7. The van der Waals surface area contributed by atoms with Crippen molar-refractivity contribution in [3.63, 3.8) is 0 Å². The van der Waals surface area contributed by atoms with Gasteiger partial charge in [0.2, 0.25) is 0 Å². The SMILES string of the molecule is CCOC(=O)N1CCC(CN2CCC(O)(c3cc(F)ccc3OC)CC2)CC1.COc1ccc(Br)cc1C1CCN(C2CCOCC2)CC1.COc1ccc(C2CCN(CC3C[C@H]4CCC3C4)CC2)c(C)c1.Cc1ccc(C(=O)COc2ccccc2C2CCN([C@H]3C[C@H]4CCC3C4)CC2)cc1. The number of ether oxygens (including phenoxy) is 6. The average Bonchev–Trinajstić information content (AvgIpc) is 0.931. The Hall–Kier alpha value is -5.59. The lowest BCUT2D eigenvalue weighted by Gasteiger charge is -2.41. The lowest BCUT2D eigenvalue weighted by atomic mass is 9.83. The minimum absolute atomic E-state index is 0.0379. The van der Waals surface area contributed by atoms with Crippen LogP contribution in [0.4, 0.5) is 9.18 Å². The highest BCUT2D eigenvalue weighted by Crippen LogP contribution is 2.50. The van der Waals surface area contributed by atoms with E-state index >= 15 is 0 Å². The molecule has 4 saturated carbocycles. The van der Waals surface area contributed by atoms with Crippen LogP contribution in [0.15, 0.2) is 108 Å². The molecule has 10 aliphatic rings. The number of aryl methyl sites for hydroxylation is 2. The van der Waals surface area contributed by atoms with Crippen LogP contribution >= 0.6 is 15.9 Å². The topological polar surface area (TPSA) is 126 Å². The quantitative estimate of drug-likeness (QED) is 0.0838. The number of benzene rings is 5. The number of carbonyl (C=O) groups is 2. The maximum atomic E-state index is 13.7. The number of fused-ring (bicyclic) bond motifs is 4. The van der Waals surface area contributed by atoms with Crippen LogP contribution < -0.4 is 18.9 Å². The normalized spacial score (nSPS) is 25.3. The number of hydrogen-bond acceptors (Lipinski definition) is 13. The highest BCUT2D eigenvalue weighted by Gasteiger charge is 2.44. The molecule has 14 nitrogen and oxygen atoms in total. The van der Waals surface area contributed by atoms with E-state index in [0.717, 1.165) is 139 Å². The zero-order valence-electron chi connectivity index (χ0n) is 62.3. The molecule has 6 heterocycles. The number of hydrogen-bond donors (Lipinski definition) is 1. The van der Waals surface area contributed by atoms with Gasteiger partial charge in [-0.25, -0.2) is 9.18 Å². The number of para-hydroxylation sites is 1. The molecule has 5 aromatic carbocycles. The molecule has 5 aromatic rings. The minimum atomic E-state index is -1.06. The van der Waals surface area contributed by atoms with E-state index in [2.05, 4.69) is 91.0 Å². The molecular weight excluding hydrogens is 1350 g/mol. The van der Waals surface area contributed by atoms with Gasteiger partial charge in [-0.15, -0.1) is 0 Å². The van der Waals surface area contributed by atoms with Crippen molar-refractivity contribution in [1.82, 2.24) is 24.5 Å². The van der Waals surface area contributed by atoms with Gasteiger partial charge in [0.15, 0.2) is 12.4 Å². The number of methoxy groups -OCH3 is 3. The van der Waals surface area contributed by atoms with E-state index < -0.39 is 5.60 Å². The van der Waals surface area contributed by atoms with Gasteiger partial charge in [-0.05, 0) is 306 Å². The van der Waals surface area contributed by atoms with Crippen LogP contribution in [0.1, 0.15) is 197 Å². The van der Waals surface area contributed by atoms with Gasteiger partial charge in [0.1, 0.15) is 28.8 Å². The van der Waals surface area contributed by atoms with Gasteiger partial charge in [0, 0.05) is 80.2 Å². The first-order chi connectivity index (χ1) is 49.6. The van der Waals surface area contributed by atoms with Crippen LogP contribution in [0.3, 0.4) is 0 Å². The predicted octanol–water partition coefficient (Wildman–Crippen LogP) is 17.0. The predicted molar refractivity (Wildman–Crippen MR) is 407 cm³/mol. The number of piperidine rings is 5. The third kappa shape index (κ3) is 19.7. The maximum Gasteiger partial charge on any atom is 0.409 e. The van der Waals surface area contributed by atoms with Crippen LogP contribution in [0.5, 0.6) is 23.0 Å². The van der Waals surface area contributed by atoms with Gasteiger partial charge in [-0.3, -0.25) is 4.79 Å². The van der Waals surface area contributed by atoms with Crippen molar-refractivity contribution in [2.24, 2.45) is 35.5 Å². The van der Waals surface area contributed by atoms with Crippen molar-refractivity contribution in [3.8, 4) is 23.0 Å². The van der Waals surface area contributed by atoms with Crippen LogP contribution in [-0.2, 0) is 15.1 Å². The van der Waals surface area contributed by atoms with E-state index in [4.69, 9.17) is 28.4 Å². The third-order valence-electron chi connectivity index (χ3n) is 25.5. The fourth-order valence-electron chi connectivity index (χ4n) is 19.7. The average molecular weight is 1470 g/mol. The Morgan fingerprint density at radius 3 is 1.83 bits per heavy atom. The van der Waals surface area contributed by atoms with Crippen molar-refractivity contribution in [1.29, 1.82) is 0 Å². The summed E-state index contributed by atoms with van der Waals surface area (Å²) in [6.45, 7) is 21.2. The van der Waals surface area contributed by atoms with Crippen molar-refractivity contribution in [3.05, 3.63) is 152 Å². The number of amides is 1. The molecule has 3 unspecified atom stereocenters. The Morgan fingerprint density at radius 1 is 0.578 bits per heavy atom. The van der Waals surface area contributed by atoms with Crippen molar-refractivity contribution in [2.75, 3.05) is 126 Å². The number of likely N-dealkylation sites (tertiary alicyclic amines) is 5. The van der Waals surface area contributed by atoms with Crippen LogP contribution in [0, 0.1) is 55.2 Å². The Morgan fingerprint density at radius 2 is 1.21 bits per heavy atom. The second-order valence-corrected chi connectivity index (χ2v) is 32.7. The highest BCUT2D eigenvalue weighted by atomic mass is 79.9. The number of Topliss-reactive ketones (excluding diaryl/α,β-unsaturated/α-hetero) is 1. The number of carbonyl (C=O) groups excluding carboxylic acids is 2. The summed E-state index contributed by atoms with van der Waals surface area (Å²) in [7, 11) is 5.06. The number of nitrogens with zero attached hydrogens (tertiary/aromatic N) is 5. The summed E-state index contributed by atoms with van der Waals surface area (Å²) < 4.78 is 47.7. The lowest BCUT2D eigenvalue weighted by Crippen LogP contribution is -2.46. The molecule has 10 fully saturated rings. The monoisotopic (exact) mass is 1460 g/mol. The summed E-state index contributed by atoms with van der Waals surface area (Å²) in [5.74, 6) is 10.7. The first kappa shape index (κ1) is 76.1. The summed E-state index contributed by atoms with van der Waals surface area (Å²) in [6, 6.07) is 35.0. The molecule has 4 aliphatic carbocycles. The summed E-state index contributed by atoms with van der Waals surface area (Å²) in [6.07, 6.45) is 24.7. The lowest BCUT2D eigenvalue weighted by molar-refractivity contribution is -0.0322. The summed E-state index contributed by atoms with van der Waals surface area (Å²) in [5.41, 5.74) is 6.95. The maximum absolute atomic E-state index is 13.7. The number of ketones is 1. The number of aliphatic hydroxyl groups is 1. The fourth-order valence-corrected chi connectivity index (χ4v) is 20.0. The van der Waals surface area contributed by atoms with Gasteiger partial charge in [0.05, 0.1) is 33.5 Å². The molecule has 6 aliphatic heterocycles. The van der Waals surface area contributed by atoms with Crippen LogP contribution in [0.25, 0.3) is 0 Å². The van der Waals surface area contributed by atoms with Gasteiger partial charge < -0.3 is 58.0 Å². The number of rotatable bonds is 18. The highest BCUT2D eigenvalue weighted by molar-refractivity contribution is 9.10. The smallest absolute Gasteiger partial charge is 0.409 e. The van der Waals surface area contributed by atoms with E-state index in [1.807, 2.05) is 50.2 Å². The molecule has 4 bridgehead atoms. The number of halogens is 2. The standard InChI is InChI=1S/C27H33NO2.C21H31FN2O4.C21H31NO.C17H24BrNO2/c1-19-6-9-22(10-7-19)26(29)18-30-27-5-3-2-4-24(27)21-12-14-28(15-13-21)25-17-20-8-11-23(25)16-20;1-3-28-20(25)24-10-6-16(7-11-24)15-23-12-8-21(26,9-13-23)18-14-17(22)4-5-19(18)27-2;1-15-11-20(23-2)5-6-21(15)17-7-9-22(10-8-17)14-19-13-16-3-4-18(19)12-16;1-20-17-3-2-14(18)12-16(17)13-4-8-19(9-5-13)15-6-10-21-11-7-15/h2-7,9-10,20-21,23,25H,8,11-18H2,1H3;4-5,14,16,26H,3,6-13,15H2,1-2H3;5-6,11,16-19H,3-4,7-10,12-14H2,1-2H3;2-3,12-13,15H,4-11H2,1H3/t20-,23?,25-;;16-,18?,19?;/m0.0./s1. The van der Waals surface area contributed by atoms with Crippen LogP contribution in [-0.4, -0.2) is 180 Å². The molecule has 16 heteroatoms. The molecule has 6 saturated heterocycles. The van der Waals surface area contributed by atoms with E-state index in [-0.39, 0.29) is 24.3 Å². The van der Waals surface area contributed by atoms with Crippen molar-refractivity contribution >= 4 is 27.8 Å². The largest absolute Gasteiger partial charge is 0.497 e. The summed E-state index contributed by atoms with van der Waals surface area (Å²) in [5, 5.41) is 11.1. The van der Waals surface area contributed by atoms with Gasteiger partial charge in [-0.1, -0.05) is 82.9 Å². The first-order valence-electron chi connectivity index (χ1n) is 39.4. The Bertz CT molecular complexity index is 3460. The van der Waals surface area contributed by atoms with Crippen molar-refractivity contribution in [2.45, 2.75) is 185 Å². The molecule has 556 valence electrons. The van der Waals surface area contributed by atoms with E-state index in [1.165, 1.54) is 178 Å². The molecule has 15 rings (SSSR count). The second-order valence-electron chi connectivity index (χ2n) is 31.7. The van der Waals surface area contributed by atoms with E-state index in [1.54, 1.807) is 37.2 Å². The molecule has 6 atom stereocenters. The molecule has 102 heavy (non-hydrogen) atoms. The Balaban J connectivity index is 0.000000130. The van der Waals surface area contributed by atoms with E-state index in [9.17, 15) is 19.1 Å². The molecule has 0 aromatic heterocycles. The molecular formula is C86H119BrFN5O9. The Kier molecular flexibility index (Phi) is 27.3. The third-order valence-corrected chi connectivity index (χ3v) is 26.0. The summed E-state index contributed by atoms with van der Waals surface area (Å²) >= 11 is 3.59. The molecule has 1 amide bonds. The van der Waals surface area contributed by atoms with E-state index in [0.29, 0.717) is 48.5 Å². The molecule has 0 radical (unpaired) electrons. The van der Waals surface area contributed by atoms with Gasteiger partial charge in [-0.2, -0.15) is 0 Å². The van der Waals surface area contributed by atoms with Gasteiger partial charge >= 0.3 is 6.09 Å². The Labute approximate surface area is 618 Å². The zero-order chi connectivity index (χ0) is 71.1. The second kappa shape index (κ2) is 36.6.